The fraction of sp³-hybridized carbons (Fsp3) is 0.0870. The van der Waals surface area contributed by atoms with Crippen LogP contribution in [0.3, 0.4) is 0 Å². The van der Waals surface area contributed by atoms with Gasteiger partial charge in [0.2, 0.25) is 0 Å². The van der Waals surface area contributed by atoms with Crippen LogP contribution in [-0.2, 0) is 11.3 Å². The lowest BCUT2D eigenvalue weighted by molar-refractivity contribution is -0.116. The molecule has 0 saturated heterocycles. The highest BCUT2D eigenvalue weighted by Gasteiger charge is 2.36. The number of nitrogens with zero attached hydrogens (tertiary/aromatic N) is 3. The van der Waals surface area contributed by atoms with E-state index in [0.717, 1.165) is 4.90 Å². The molecule has 3 heterocycles. The van der Waals surface area contributed by atoms with Gasteiger partial charge in [0.25, 0.3) is 23.6 Å². The van der Waals surface area contributed by atoms with Gasteiger partial charge in [0.1, 0.15) is 11.6 Å². The number of hydrogen-bond acceptors (Lipinski definition) is 6. The lowest BCUT2D eigenvalue weighted by atomic mass is 10.1. The Morgan fingerprint density at radius 3 is 2.50 bits per heavy atom. The Labute approximate surface area is 181 Å². The Kier molecular flexibility index (Phi) is 4.63. The molecule has 2 aliphatic rings. The van der Waals surface area contributed by atoms with Gasteiger partial charge in [-0.1, -0.05) is 18.2 Å². The van der Waals surface area contributed by atoms with Gasteiger partial charge in [0, 0.05) is 5.56 Å². The van der Waals surface area contributed by atoms with E-state index in [1.54, 1.807) is 36.4 Å². The lowest BCUT2D eigenvalue weighted by Crippen LogP contribution is -2.30. The lowest BCUT2D eigenvalue weighted by Gasteiger charge is -2.11. The molecule has 0 unspecified atom stereocenters. The molecule has 3 aromatic rings. The molecule has 2 aromatic carbocycles. The molecule has 2 aliphatic heterocycles. The third-order valence-electron chi connectivity index (χ3n) is 5.16. The van der Waals surface area contributed by atoms with Crippen LogP contribution < -0.4 is 10.3 Å². The summed E-state index contributed by atoms with van der Waals surface area (Å²) in [5, 5.41) is 8.03. The van der Waals surface area contributed by atoms with Crippen LogP contribution in [-0.4, -0.2) is 34.4 Å². The molecule has 0 fully saturated rings. The van der Waals surface area contributed by atoms with Crippen LogP contribution >= 0.6 is 0 Å². The van der Waals surface area contributed by atoms with Gasteiger partial charge in [0.05, 0.1) is 36.0 Å². The molecule has 4 amide bonds. The molecule has 0 saturated carbocycles. The number of para-hydroxylation sites is 1. The second-order valence-corrected chi connectivity index (χ2v) is 7.25. The van der Waals surface area contributed by atoms with E-state index in [1.165, 1.54) is 29.5 Å². The fourth-order valence-corrected chi connectivity index (χ4v) is 3.61. The minimum absolute atomic E-state index is 0.00904. The number of rotatable bonds is 4. The number of anilines is 1. The fourth-order valence-electron chi connectivity index (χ4n) is 3.61. The Balaban J connectivity index is 1.33. The smallest absolute Gasteiger partial charge is 0.261 e. The van der Waals surface area contributed by atoms with E-state index >= 15 is 0 Å². The Morgan fingerprint density at radius 2 is 1.75 bits per heavy atom. The molecule has 9 nitrogen and oxygen atoms in total. The van der Waals surface area contributed by atoms with Gasteiger partial charge in [0.15, 0.2) is 0 Å². The summed E-state index contributed by atoms with van der Waals surface area (Å²) in [7, 11) is 0. The second-order valence-electron chi connectivity index (χ2n) is 7.25. The van der Waals surface area contributed by atoms with Crippen molar-refractivity contribution in [2.75, 3.05) is 5.01 Å². The zero-order valence-electron chi connectivity index (χ0n) is 16.6. The molecule has 1 N–H and O–H groups in total. The first-order valence-corrected chi connectivity index (χ1v) is 9.81. The van der Waals surface area contributed by atoms with Crippen LogP contribution in [0.25, 0.3) is 0 Å². The summed E-state index contributed by atoms with van der Waals surface area (Å²) < 4.78 is 5.22. The maximum absolute atomic E-state index is 12.8. The average molecular weight is 428 g/mol. The van der Waals surface area contributed by atoms with Gasteiger partial charge in [-0.05, 0) is 42.5 Å². The number of furan rings is 1. The standard InChI is InChI=1S/C23H16N4O5/c28-20-12-19(25-27(20)15-5-2-1-3-6-15)24-21(29)14-8-9-17-18(11-14)23(31)26(22(17)30)13-16-7-4-10-32-16/h1-11H,12-13H2,(H,24,25,29). The molecule has 32 heavy (non-hydrogen) atoms. The molecule has 5 rings (SSSR count). The van der Waals surface area contributed by atoms with Crippen molar-refractivity contribution < 1.29 is 23.6 Å². The topological polar surface area (TPSA) is 112 Å². The van der Waals surface area contributed by atoms with E-state index in [1.807, 2.05) is 6.07 Å². The van der Waals surface area contributed by atoms with Crippen molar-refractivity contribution in [3.63, 3.8) is 0 Å². The number of amidine groups is 1. The van der Waals surface area contributed by atoms with Crippen LogP contribution in [0.15, 0.2) is 76.4 Å². The Morgan fingerprint density at radius 1 is 0.969 bits per heavy atom. The van der Waals surface area contributed by atoms with Gasteiger partial charge >= 0.3 is 0 Å². The summed E-state index contributed by atoms with van der Waals surface area (Å²) in [5.74, 6) is -1.07. The monoisotopic (exact) mass is 428 g/mol. The number of nitrogens with one attached hydrogen (secondary N) is 1. The SMILES string of the molecule is O=C(NC1=NN(c2ccccc2)C(=O)C1)c1ccc2c(c1)C(=O)N(Cc1ccco1)C2=O. The number of benzene rings is 2. The van der Waals surface area contributed by atoms with E-state index in [4.69, 9.17) is 4.42 Å². The van der Waals surface area contributed by atoms with Crippen LogP contribution in [0.2, 0.25) is 0 Å². The van der Waals surface area contributed by atoms with Gasteiger partial charge in [-0.15, -0.1) is 0 Å². The van der Waals surface area contributed by atoms with Gasteiger partial charge in [-0.3, -0.25) is 24.1 Å². The third kappa shape index (κ3) is 3.35. The number of imide groups is 1. The first-order chi connectivity index (χ1) is 15.5. The van der Waals surface area contributed by atoms with E-state index in [-0.39, 0.29) is 41.4 Å². The van der Waals surface area contributed by atoms with E-state index in [9.17, 15) is 19.2 Å². The molecule has 1 aromatic heterocycles. The molecule has 0 radical (unpaired) electrons. The number of carbonyl (C=O) groups is 4. The van der Waals surface area contributed by atoms with E-state index in [2.05, 4.69) is 10.4 Å². The van der Waals surface area contributed by atoms with Crippen LogP contribution in [0.1, 0.15) is 43.3 Å². The maximum atomic E-state index is 12.8. The highest BCUT2D eigenvalue weighted by atomic mass is 16.3. The average Bonchev–Trinajstić information content (AvgIpc) is 3.50. The molecule has 0 spiro atoms. The zero-order chi connectivity index (χ0) is 22.2. The van der Waals surface area contributed by atoms with E-state index < -0.39 is 17.7 Å². The van der Waals surface area contributed by atoms with E-state index in [0.29, 0.717) is 11.4 Å². The summed E-state index contributed by atoms with van der Waals surface area (Å²) in [6.07, 6.45) is 1.41. The van der Waals surface area contributed by atoms with Gasteiger partial charge < -0.3 is 9.73 Å². The van der Waals surface area contributed by atoms with Gasteiger partial charge in [-0.2, -0.15) is 10.1 Å². The first kappa shape index (κ1) is 19.4. The summed E-state index contributed by atoms with van der Waals surface area (Å²) in [5.41, 5.74) is 1.14. The highest BCUT2D eigenvalue weighted by molar-refractivity contribution is 6.23. The van der Waals surface area contributed by atoms with Crippen molar-refractivity contribution in [3.8, 4) is 0 Å². The molecule has 0 aliphatic carbocycles. The number of hydrazone groups is 1. The van der Waals surface area contributed by atoms with Crippen LogP contribution in [0.4, 0.5) is 5.69 Å². The van der Waals surface area contributed by atoms with Crippen molar-refractivity contribution in [1.82, 2.24) is 10.2 Å². The summed E-state index contributed by atoms with van der Waals surface area (Å²) >= 11 is 0. The Bertz CT molecular complexity index is 1280. The molecule has 0 atom stereocenters. The molecule has 158 valence electrons. The minimum Gasteiger partial charge on any atom is -0.467 e. The summed E-state index contributed by atoms with van der Waals surface area (Å²) in [4.78, 5) is 51.4. The normalized spacial score (nSPS) is 15.2. The van der Waals surface area contributed by atoms with Crippen molar-refractivity contribution >= 4 is 35.2 Å². The van der Waals surface area contributed by atoms with Crippen molar-refractivity contribution in [1.29, 1.82) is 0 Å². The van der Waals surface area contributed by atoms with Gasteiger partial charge in [-0.25, -0.2) is 0 Å². The predicted octanol–water partition coefficient (Wildman–Crippen LogP) is 2.56. The second kappa shape index (κ2) is 7.62. The van der Waals surface area contributed by atoms with Crippen LogP contribution in [0.5, 0.6) is 0 Å². The zero-order valence-corrected chi connectivity index (χ0v) is 16.6. The number of carbonyl (C=O) groups excluding carboxylic acids is 4. The number of hydrogen-bond donors (Lipinski definition) is 1. The minimum atomic E-state index is -0.529. The molecule has 9 heteroatoms. The molecular formula is C23H16N4O5. The quantitative estimate of drug-likeness (QED) is 0.642. The predicted molar refractivity (Wildman–Crippen MR) is 113 cm³/mol. The van der Waals surface area contributed by atoms with Crippen molar-refractivity contribution in [2.24, 2.45) is 5.10 Å². The summed E-state index contributed by atoms with van der Waals surface area (Å²) in [6.45, 7) is 0.00904. The van der Waals surface area contributed by atoms with Crippen LogP contribution in [0, 0.1) is 0 Å². The number of amides is 4. The maximum Gasteiger partial charge on any atom is 0.261 e. The largest absolute Gasteiger partial charge is 0.467 e. The Hall–Kier alpha value is -4.53. The summed E-state index contributed by atoms with van der Waals surface area (Å²) in [6, 6.07) is 16.5. The number of fused-ring (bicyclic) bond motifs is 1. The molecular weight excluding hydrogens is 412 g/mol. The van der Waals surface area contributed by atoms with Crippen molar-refractivity contribution in [3.05, 3.63) is 89.4 Å². The third-order valence-corrected chi connectivity index (χ3v) is 5.16. The first-order valence-electron chi connectivity index (χ1n) is 9.81. The highest BCUT2D eigenvalue weighted by Crippen LogP contribution is 2.26. The molecule has 0 bridgehead atoms. The van der Waals surface area contributed by atoms with Crippen molar-refractivity contribution in [2.45, 2.75) is 13.0 Å².